The molecule has 0 saturated heterocycles. The van der Waals surface area contributed by atoms with Gasteiger partial charge < -0.3 is 4.74 Å². The zero-order chi connectivity index (χ0) is 12.8. The van der Waals surface area contributed by atoms with Crippen LogP contribution in [0, 0.1) is 5.82 Å². The van der Waals surface area contributed by atoms with Gasteiger partial charge in [-0.1, -0.05) is 19.1 Å². The van der Waals surface area contributed by atoms with Crippen LogP contribution in [0.15, 0.2) is 24.3 Å². The molecule has 0 aliphatic rings. The molecule has 1 N–H and O–H groups in total. The molecule has 0 fully saturated rings. The lowest BCUT2D eigenvalue weighted by Crippen LogP contribution is -2.37. The third-order valence-corrected chi connectivity index (χ3v) is 2.67. The van der Waals surface area contributed by atoms with Crippen LogP contribution in [0.4, 0.5) is 4.39 Å². The van der Waals surface area contributed by atoms with E-state index in [2.05, 4.69) is 10.1 Å². The summed E-state index contributed by atoms with van der Waals surface area (Å²) in [5, 5.41) is 3.12. The largest absolute Gasteiger partial charge is 0.468 e. The van der Waals surface area contributed by atoms with Crippen molar-refractivity contribution in [2.24, 2.45) is 0 Å². The number of esters is 1. The Morgan fingerprint density at radius 3 is 2.76 bits per heavy atom. The smallest absolute Gasteiger partial charge is 0.322 e. The molecule has 3 nitrogen and oxygen atoms in total. The first-order chi connectivity index (χ1) is 8.08. The highest BCUT2D eigenvalue weighted by Crippen LogP contribution is 2.18. The normalized spacial score (nSPS) is 14.1. The van der Waals surface area contributed by atoms with Gasteiger partial charge in [0.2, 0.25) is 0 Å². The Hall–Kier alpha value is -1.42. The van der Waals surface area contributed by atoms with Crippen LogP contribution >= 0.6 is 0 Å². The van der Waals surface area contributed by atoms with E-state index in [1.165, 1.54) is 19.2 Å². The summed E-state index contributed by atoms with van der Waals surface area (Å²) in [7, 11) is 1.35. The summed E-state index contributed by atoms with van der Waals surface area (Å²) < 4.78 is 17.7. The predicted octanol–water partition coefficient (Wildman–Crippen LogP) is 2.43. The van der Waals surface area contributed by atoms with Gasteiger partial charge in [0.05, 0.1) is 7.11 Å². The van der Waals surface area contributed by atoms with Gasteiger partial charge in [-0.3, -0.25) is 10.1 Å². The minimum atomic E-state index is -0.409. The number of rotatable bonds is 5. The van der Waals surface area contributed by atoms with Crippen molar-refractivity contribution in [3.63, 3.8) is 0 Å². The van der Waals surface area contributed by atoms with Crippen molar-refractivity contribution >= 4 is 5.97 Å². The Balaban J connectivity index is 2.75. The van der Waals surface area contributed by atoms with Crippen molar-refractivity contribution in [2.45, 2.75) is 32.4 Å². The van der Waals surface area contributed by atoms with Crippen LogP contribution in [0.5, 0.6) is 0 Å². The van der Waals surface area contributed by atoms with Gasteiger partial charge in [-0.2, -0.15) is 0 Å². The maximum Gasteiger partial charge on any atom is 0.322 e. The molecule has 0 aliphatic carbocycles. The van der Waals surface area contributed by atoms with Crippen LogP contribution in [0.25, 0.3) is 0 Å². The number of hydrogen-bond acceptors (Lipinski definition) is 3. The maximum atomic E-state index is 13.1. The topological polar surface area (TPSA) is 38.3 Å². The van der Waals surface area contributed by atoms with E-state index in [1.54, 1.807) is 13.0 Å². The van der Waals surface area contributed by atoms with Crippen LogP contribution < -0.4 is 5.32 Å². The van der Waals surface area contributed by atoms with Gasteiger partial charge in [-0.05, 0) is 31.0 Å². The first-order valence-corrected chi connectivity index (χ1v) is 5.67. The van der Waals surface area contributed by atoms with E-state index in [4.69, 9.17) is 0 Å². The molecule has 0 spiro atoms. The monoisotopic (exact) mass is 239 g/mol. The Morgan fingerprint density at radius 2 is 2.24 bits per heavy atom. The molecule has 94 valence electrons. The van der Waals surface area contributed by atoms with Crippen molar-refractivity contribution in [1.29, 1.82) is 0 Å². The number of ether oxygens (including phenoxy) is 1. The Bertz CT molecular complexity index is 381. The first kappa shape index (κ1) is 13.6. The molecule has 4 heteroatoms. The van der Waals surface area contributed by atoms with Crippen molar-refractivity contribution in [3.8, 4) is 0 Å². The second-order valence-electron chi connectivity index (χ2n) is 3.93. The minimum Gasteiger partial charge on any atom is -0.468 e. The number of halogens is 1. The number of methoxy groups -OCH3 is 1. The number of carbonyl (C=O) groups is 1. The van der Waals surface area contributed by atoms with Crippen molar-refractivity contribution < 1.29 is 13.9 Å². The minimum absolute atomic E-state index is 0.0557. The van der Waals surface area contributed by atoms with E-state index in [0.717, 1.165) is 12.0 Å². The Morgan fingerprint density at radius 1 is 1.53 bits per heavy atom. The molecule has 17 heavy (non-hydrogen) atoms. The molecular weight excluding hydrogens is 221 g/mol. The molecule has 0 amide bonds. The standard InChI is InChI=1S/C13H18FNO2/c1-4-12(15-9(2)13(16)17-3)10-6-5-7-11(14)8-10/h5-9,12,15H,4H2,1-3H3/t9-,12?/m0/s1. The number of benzene rings is 1. The highest BCUT2D eigenvalue weighted by Gasteiger charge is 2.18. The molecule has 0 radical (unpaired) electrons. The van der Waals surface area contributed by atoms with Crippen LogP contribution in [0.3, 0.4) is 0 Å². The fraction of sp³-hybridized carbons (Fsp3) is 0.462. The Kier molecular flexibility index (Phi) is 5.10. The van der Waals surface area contributed by atoms with Crippen LogP contribution in [0.2, 0.25) is 0 Å². The van der Waals surface area contributed by atoms with Crippen LogP contribution in [-0.4, -0.2) is 19.1 Å². The van der Waals surface area contributed by atoms with Crippen LogP contribution in [0.1, 0.15) is 31.9 Å². The summed E-state index contributed by atoms with van der Waals surface area (Å²) in [6, 6.07) is 5.92. The van der Waals surface area contributed by atoms with E-state index in [9.17, 15) is 9.18 Å². The second-order valence-corrected chi connectivity index (χ2v) is 3.93. The van der Waals surface area contributed by atoms with Gasteiger partial charge in [-0.15, -0.1) is 0 Å². The fourth-order valence-corrected chi connectivity index (χ4v) is 1.72. The molecule has 1 aromatic rings. The predicted molar refractivity (Wildman–Crippen MR) is 64.0 cm³/mol. The molecule has 0 bridgehead atoms. The van der Waals surface area contributed by atoms with Crippen molar-refractivity contribution in [2.75, 3.05) is 7.11 Å². The highest BCUT2D eigenvalue weighted by atomic mass is 19.1. The molecular formula is C13H18FNO2. The average Bonchev–Trinajstić information content (AvgIpc) is 2.34. The van der Waals surface area contributed by atoms with Gasteiger partial charge in [0, 0.05) is 6.04 Å². The first-order valence-electron chi connectivity index (χ1n) is 5.67. The molecule has 0 aromatic heterocycles. The van der Waals surface area contributed by atoms with Crippen molar-refractivity contribution in [1.82, 2.24) is 5.32 Å². The van der Waals surface area contributed by atoms with Gasteiger partial charge in [0.15, 0.2) is 0 Å². The fourth-order valence-electron chi connectivity index (χ4n) is 1.72. The lowest BCUT2D eigenvalue weighted by molar-refractivity contribution is -0.142. The van der Waals surface area contributed by atoms with Gasteiger partial charge in [0.25, 0.3) is 0 Å². The van der Waals surface area contributed by atoms with E-state index >= 15 is 0 Å². The summed E-state index contributed by atoms with van der Waals surface area (Å²) >= 11 is 0. The van der Waals surface area contributed by atoms with Gasteiger partial charge in [0.1, 0.15) is 11.9 Å². The van der Waals surface area contributed by atoms with Gasteiger partial charge >= 0.3 is 5.97 Å². The third-order valence-electron chi connectivity index (χ3n) is 2.67. The van der Waals surface area contributed by atoms with Crippen molar-refractivity contribution in [3.05, 3.63) is 35.6 Å². The lowest BCUT2D eigenvalue weighted by Gasteiger charge is -2.21. The van der Waals surface area contributed by atoms with Crippen LogP contribution in [-0.2, 0) is 9.53 Å². The van der Waals surface area contributed by atoms with E-state index in [1.807, 2.05) is 13.0 Å². The molecule has 1 unspecified atom stereocenters. The molecule has 1 rings (SSSR count). The second kappa shape index (κ2) is 6.35. The third kappa shape index (κ3) is 3.82. The highest BCUT2D eigenvalue weighted by molar-refractivity contribution is 5.75. The van der Waals surface area contributed by atoms with E-state index in [-0.39, 0.29) is 17.8 Å². The molecule has 0 aliphatic heterocycles. The zero-order valence-corrected chi connectivity index (χ0v) is 10.4. The molecule has 1 aromatic carbocycles. The molecule has 0 heterocycles. The zero-order valence-electron chi connectivity index (χ0n) is 10.4. The lowest BCUT2D eigenvalue weighted by atomic mass is 10.0. The number of nitrogens with one attached hydrogen (secondary N) is 1. The maximum absolute atomic E-state index is 13.1. The summed E-state index contributed by atoms with van der Waals surface area (Å²) in [6.07, 6.45) is 0.769. The van der Waals surface area contributed by atoms with E-state index in [0.29, 0.717) is 0 Å². The summed E-state index contributed by atoms with van der Waals surface area (Å²) in [6.45, 7) is 3.71. The molecule has 2 atom stereocenters. The summed E-state index contributed by atoms with van der Waals surface area (Å²) in [5.41, 5.74) is 0.836. The quantitative estimate of drug-likeness (QED) is 0.802. The number of hydrogen-bond donors (Lipinski definition) is 1. The number of carbonyl (C=O) groups excluding carboxylic acids is 1. The summed E-state index contributed by atoms with van der Waals surface area (Å²) in [4.78, 5) is 11.3. The summed E-state index contributed by atoms with van der Waals surface area (Å²) in [5.74, 6) is -0.590. The molecule has 0 saturated carbocycles. The van der Waals surface area contributed by atoms with Gasteiger partial charge in [-0.25, -0.2) is 4.39 Å². The average molecular weight is 239 g/mol. The SMILES string of the molecule is CCC(N[C@@H](C)C(=O)OC)c1cccc(F)c1. The van der Waals surface area contributed by atoms with E-state index < -0.39 is 6.04 Å². The Labute approximate surface area is 101 Å².